The van der Waals surface area contributed by atoms with Crippen molar-refractivity contribution in [3.63, 3.8) is 0 Å². The van der Waals surface area contributed by atoms with E-state index in [0.717, 1.165) is 19.0 Å². The lowest BCUT2D eigenvalue weighted by atomic mass is 10.1. The summed E-state index contributed by atoms with van der Waals surface area (Å²) in [5.74, 6) is 1.81. The number of hydrogen-bond acceptors (Lipinski definition) is 1. The highest BCUT2D eigenvalue weighted by molar-refractivity contribution is 5.68. The average Bonchev–Trinajstić information content (AvgIpc) is 2.43. The molecule has 0 aliphatic carbocycles. The molecule has 2 nitrogen and oxygen atoms in total. The van der Waals surface area contributed by atoms with Crippen molar-refractivity contribution in [3.05, 3.63) is 0 Å². The van der Waals surface area contributed by atoms with Gasteiger partial charge < -0.3 is 4.74 Å². The molecule has 2 heteroatoms. The highest BCUT2D eigenvalue weighted by atomic mass is 16.5. The molecule has 0 unspecified atom stereocenters. The van der Waals surface area contributed by atoms with Gasteiger partial charge in [0.1, 0.15) is 6.54 Å². The van der Waals surface area contributed by atoms with Crippen LogP contribution in [-0.4, -0.2) is 29.7 Å². The molecule has 0 aromatic carbocycles. The smallest absolute Gasteiger partial charge is 0.333 e. The Labute approximate surface area is 81.6 Å². The summed E-state index contributed by atoms with van der Waals surface area (Å²) in [6, 6.07) is 0.603. The van der Waals surface area contributed by atoms with Crippen molar-refractivity contribution < 1.29 is 9.31 Å². The Morgan fingerprint density at radius 2 is 2.23 bits per heavy atom. The predicted molar refractivity (Wildman–Crippen MR) is 55.3 cm³/mol. The maximum Gasteiger partial charge on any atom is 0.333 e. The van der Waals surface area contributed by atoms with Crippen molar-refractivity contribution in [1.82, 2.24) is 0 Å². The van der Waals surface area contributed by atoms with Crippen molar-refractivity contribution in [2.45, 2.75) is 46.6 Å². The summed E-state index contributed by atoms with van der Waals surface area (Å²) in [5, 5.41) is 0. The molecule has 0 aromatic heterocycles. The quantitative estimate of drug-likeness (QED) is 0.610. The molecule has 0 saturated carbocycles. The first-order valence-electron chi connectivity index (χ1n) is 5.39. The minimum absolute atomic E-state index is 0.603. The van der Waals surface area contributed by atoms with E-state index in [1.54, 1.807) is 0 Å². The van der Waals surface area contributed by atoms with E-state index in [9.17, 15) is 0 Å². The highest BCUT2D eigenvalue weighted by Gasteiger charge is 2.33. The van der Waals surface area contributed by atoms with Gasteiger partial charge in [0, 0.05) is 12.3 Å². The first-order chi connectivity index (χ1) is 6.16. The third kappa shape index (κ3) is 2.45. The predicted octanol–water partition coefficient (Wildman–Crippen LogP) is 2.27. The fraction of sp³-hybridized carbons (Fsp3) is 0.909. The zero-order valence-electron chi connectivity index (χ0n) is 9.34. The van der Waals surface area contributed by atoms with Crippen LogP contribution in [0.15, 0.2) is 0 Å². The summed E-state index contributed by atoms with van der Waals surface area (Å²) in [4.78, 5) is 0. The molecule has 1 atom stereocenters. The van der Waals surface area contributed by atoms with Gasteiger partial charge in [-0.2, -0.15) is 4.58 Å². The highest BCUT2D eigenvalue weighted by Crippen LogP contribution is 2.14. The Bertz CT molecular complexity index is 196. The number of unbranched alkanes of at least 4 members (excludes halogenated alkanes) is 1. The Kier molecular flexibility index (Phi) is 3.76. The Morgan fingerprint density at radius 3 is 2.77 bits per heavy atom. The van der Waals surface area contributed by atoms with E-state index < -0.39 is 0 Å². The van der Waals surface area contributed by atoms with E-state index in [1.165, 1.54) is 12.8 Å². The van der Waals surface area contributed by atoms with Crippen molar-refractivity contribution >= 4 is 5.90 Å². The van der Waals surface area contributed by atoms with E-state index in [-0.39, 0.29) is 0 Å². The molecular formula is C11H22NO+. The lowest BCUT2D eigenvalue weighted by Gasteiger charge is -2.11. The van der Waals surface area contributed by atoms with E-state index in [2.05, 4.69) is 32.3 Å². The molecule has 76 valence electrons. The Morgan fingerprint density at radius 1 is 1.54 bits per heavy atom. The molecule has 1 aliphatic rings. The molecule has 0 amide bonds. The van der Waals surface area contributed by atoms with Crippen LogP contribution in [0.2, 0.25) is 0 Å². The molecule has 1 rings (SSSR count). The van der Waals surface area contributed by atoms with E-state index in [4.69, 9.17) is 4.74 Å². The van der Waals surface area contributed by atoms with Crippen LogP contribution in [0, 0.1) is 5.92 Å². The lowest BCUT2D eigenvalue weighted by molar-refractivity contribution is -0.563. The third-order valence-electron chi connectivity index (χ3n) is 2.79. The first kappa shape index (κ1) is 10.6. The van der Waals surface area contributed by atoms with Gasteiger partial charge in [-0.05, 0) is 0 Å². The number of rotatable bonds is 4. The van der Waals surface area contributed by atoms with Gasteiger partial charge in [-0.1, -0.05) is 27.2 Å². The molecule has 0 saturated heterocycles. The topological polar surface area (TPSA) is 12.2 Å². The molecule has 0 fully saturated rings. The molecule has 1 aliphatic heterocycles. The Balaban J connectivity index is 2.59. The van der Waals surface area contributed by atoms with Crippen LogP contribution in [0.5, 0.6) is 0 Å². The van der Waals surface area contributed by atoms with Gasteiger partial charge >= 0.3 is 5.90 Å². The summed E-state index contributed by atoms with van der Waals surface area (Å²) in [7, 11) is 0. The maximum absolute atomic E-state index is 5.58. The van der Waals surface area contributed by atoms with Gasteiger partial charge in [0.05, 0.1) is 6.92 Å². The van der Waals surface area contributed by atoms with Crippen LogP contribution in [0.25, 0.3) is 0 Å². The van der Waals surface area contributed by atoms with Crippen LogP contribution < -0.4 is 0 Å². The van der Waals surface area contributed by atoms with Crippen molar-refractivity contribution in [3.8, 4) is 0 Å². The van der Waals surface area contributed by atoms with Gasteiger partial charge in [0.2, 0.25) is 0 Å². The normalized spacial score (nSPS) is 22.7. The second-order valence-electron chi connectivity index (χ2n) is 4.19. The fourth-order valence-electron chi connectivity index (χ4n) is 1.82. The standard InChI is InChI=1S/C11H22NO/c1-5-6-7-12-10(4)13-8-11(12)9(2)3/h9,11H,5-8H2,1-4H3/q+1/t11-/m1/s1. The molecule has 0 radical (unpaired) electrons. The Hall–Kier alpha value is -0.530. The number of ether oxygens (including phenoxy) is 1. The summed E-state index contributed by atoms with van der Waals surface area (Å²) in [5.41, 5.74) is 0. The molecule has 0 bridgehead atoms. The summed E-state index contributed by atoms with van der Waals surface area (Å²) in [6.45, 7) is 10.9. The largest absolute Gasteiger partial charge is 0.441 e. The lowest BCUT2D eigenvalue weighted by Crippen LogP contribution is -2.31. The van der Waals surface area contributed by atoms with Crippen molar-refractivity contribution in [2.75, 3.05) is 13.2 Å². The molecule has 0 spiro atoms. The van der Waals surface area contributed by atoms with Gasteiger partial charge in [0.15, 0.2) is 12.6 Å². The number of hydrogen-bond donors (Lipinski definition) is 0. The molecule has 0 N–H and O–H groups in total. The zero-order chi connectivity index (χ0) is 9.84. The molecular weight excluding hydrogens is 162 g/mol. The average molecular weight is 184 g/mol. The zero-order valence-corrected chi connectivity index (χ0v) is 9.34. The van der Waals surface area contributed by atoms with Crippen LogP contribution >= 0.6 is 0 Å². The minimum Gasteiger partial charge on any atom is -0.441 e. The van der Waals surface area contributed by atoms with E-state index in [0.29, 0.717) is 12.0 Å². The molecule has 1 heterocycles. The van der Waals surface area contributed by atoms with Gasteiger partial charge in [-0.3, -0.25) is 0 Å². The summed E-state index contributed by atoms with van der Waals surface area (Å²) >= 11 is 0. The first-order valence-corrected chi connectivity index (χ1v) is 5.39. The van der Waals surface area contributed by atoms with Crippen LogP contribution in [0.3, 0.4) is 0 Å². The van der Waals surface area contributed by atoms with Crippen molar-refractivity contribution in [2.24, 2.45) is 5.92 Å². The molecule has 0 aromatic rings. The van der Waals surface area contributed by atoms with Crippen LogP contribution in [0.4, 0.5) is 0 Å². The van der Waals surface area contributed by atoms with Gasteiger partial charge in [-0.25, -0.2) is 0 Å². The summed E-state index contributed by atoms with van der Waals surface area (Å²) < 4.78 is 8.00. The van der Waals surface area contributed by atoms with Crippen LogP contribution in [-0.2, 0) is 4.74 Å². The summed E-state index contributed by atoms with van der Waals surface area (Å²) in [6.07, 6.45) is 2.53. The third-order valence-corrected chi connectivity index (χ3v) is 2.79. The van der Waals surface area contributed by atoms with Gasteiger partial charge in [-0.15, -0.1) is 0 Å². The molecule has 13 heavy (non-hydrogen) atoms. The van der Waals surface area contributed by atoms with E-state index in [1.807, 2.05) is 0 Å². The second-order valence-corrected chi connectivity index (χ2v) is 4.19. The second kappa shape index (κ2) is 4.64. The van der Waals surface area contributed by atoms with Crippen LogP contribution in [0.1, 0.15) is 40.5 Å². The van der Waals surface area contributed by atoms with Gasteiger partial charge in [0.25, 0.3) is 0 Å². The number of nitrogens with zero attached hydrogens (tertiary/aromatic N) is 1. The minimum atomic E-state index is 0.603. The van der Waals surface area contributed by atoms with E-state index >= 15 is 0 Å². The fourth-order valence-corrected chi connectivity index (χ4v) is 1.82. The SMILES string of the molecule is CCCC[N+]1=C(C)OC[C@@H]1C(C)C. The van der Waals surface area contributed by atoms with Crippen molar-refractivity contribution in [1.29, 1.82) is 0 Å². The maximum atomic E-state index is 5.58. The monoisotopic (exact) mass is 184 g/mol.